The Morgan fingerprint density at radius 1 is 1.28 bits per heavy atom. The second-order valence-corrected chi connectivity index (χ2v) is 7.10. The number of amides is 2. The van der Waals surface area contributed by atoms with Crippen LogP contribution in [0, 0.1) is 0 Å². The fraction of sp³-hybridized carbons (Fsp3) is 0.368. The van der Waals surface area contributed by atoms with Crippen LogP contribution in [0.3, 0.4) is 0 Å². The minimum absolute atomic E-state index is 0.0804. The van der Waals surface area contributed by atoms with Crippen molar-refractivity contribution >= 4 is 29.1 Å². The molecule has 1 unspecified atom stereocenters. The topological polar surface area (TPSA) is 74.6 Å². The number of hydrogen-bond acceptors (Lipinski definition) is 4. The molecule has 0 radical (unpaired) electrons. The molecule has 1 aliphatic rings. The lowest BCUT2D eigenvalue weighted by Crippen LogP contribution is -2.45. The van der Waals surface area contributed by atoms with Gasteiger partial charge in [0, 0.05) is 5.02 Å². The fourth-order valence-electron chi connectivity index (χ4n) is 3.25. The number of anilines is 1. The molecule has 1 atom stereocenters. The van der Waals surface area contributed by atoms with Crippen LogP contribution in [0.25, 0.3) is 0 Å². The van der Waals surface area contributed by atoms with Gasteiger partial charge in [-0.25, -0.2) is 0 Å². The van der Waals surface area contributed by atoms with Crippen molar-refractivity contribution < 1.29 is 27.2 Å². The van der Waals surface area contributed by atoms with Crippen molar-refractivity contribution in [3.8, 4) is 0 Å². The van der Waals surface area contributed by atoms with Gasteiger partial charge in [0.05, 0.1) is 36.6 Å². The van der Waals surface area contributed by atoms with Crippen LogP contribution in [0.15, 0.2) is 41.0 Å². The van der Waals surface area contributed by atoms with Crippen LogP contribution in [-0.4, -0.2) is 35.8 Å². The van der Waals surface area contributed by atoms with Crippen LogP contribution in [-0.2, 0) is 22.3 Å². The normalized spacial score (nSPS) is 17.3. The van der Waals surface area contributed by atoms with Crippen LogP contribution >= 0.6 is 11.6 Å². The number of likely N-dealkylation sites (tertiary alicyclic amines) is 1. The molecule has 156 valence electrons. The second-order valence-electron chi connectivity index (χ2n) is 6.66. The summed E-state index contributed by atoms with van der Waals surface area (Å²) in [5.74, 6) is -0.291. The molecule has 1 fully saturated rings. The molecule has 0 aliphatic carbocycles. The van der Waals surface area contributed by atoms with Gasteiger partial charge in [0.2, 0.25) is 11.8 Å². The van der Waals surface area contributed by atoms with E-state index in [2.05, 4.69) is 10.6 Å². The maximum Gasteiger partial charge on any atom is 0.418 e. The van der Waals surface area contributed by atoms with E-state index in [9.17, 15) is 22.8 Å². The first-order valence-electron chi connectivity index (χ1n) is 8.95. The van der Waals surface area contributed by atoms with E-state index in [0.717, 1.165) is 12.1 Å². The maximum absolute atomic E-state index is 13.2. The van der Waals surface area contributed by atoms with Gasteiger partial charge in [-0.3, -0.25) is 14.5 Å². The molecular weight excluding hydrogens is 411 g/mol. The van der Waals surface area contributed by atoms with Gasteiger partial charge in [-0.1, -0.05) is 11.6 Å². The molecule has 1 aromatic heterocycles. The minimum atomic E-state index is -4.66. The van der Waals surface area contributed by atoms with E-state index in [-0.39, 0.29) is 29.7 Å². The van der Waals surface area contributed by atoms with Gasteiger partial charge in [0.25, 0.3) is 0 Å². The van der Waals surface area contributed by atoms with Gasteiger partial charge in [-0.15, -0.1) is 0 Å². The monoisotopic (exact) mass is 429 g/mol. The van der Waals surface area contributed by atoms with Crippen molar-refractivity contribution in [2.75, 3.05) is 18.4 Å². The Labute approximate surface area is 170 Å². The predicted octanol–water partition coefficient (Wildman–Crippen LogP) is 3.67. The molecule has 1 aromatic carbocycles. The molecule has 0 spiro atoms. The fourth-order valence-corrected chi connectivity index (χ4v) is 3.42. The summed E-state index contributed by atoms with van der Waals surface area (Å²) in [6, 6.07) is 6.05. The highest BCUT2D eigenvalue weighted by Crippen LogP contribution is 2.36. The number of benzene rings is 1. The third-order valence-corrected chi connectivity index (χ3v) is 4.83. The summed E-state index contributed by atoms with van der Waals surface area (Å²) >= 11 is 5.65. The van der Waals surface area contributed by atoms with Gasteiger partial charge in [0.1, 0.15) is 5.76 Å². The van der Waals surface area contributed by atoms with Gasteiger partial charge in [0.15, 0.2) is 0 Å². The summed E-state index contributed by atoms with van der Waals surface area (Å²) in [6.45, 7) is 0.528. The summed E-state index contributed by atoms with van der Waals surface area (Å²) in [5, 5.41) is 4.94. The third kappa shape index (κ3) is 5.51. The number of alkyl halides is 3. The number of carbonyl (C=O) groups excluding carboxylic acids is 2. The number of rotatable bonds is 6. The van der Waals surface area contributed by atoms with Gasteiger partial charge >= 0.3 is 6.18 Å². The zero-order chi connectivity index (χ0) is 21.0. The van der Waals surface area contributed by atoms with Crippen LogP contribution in [0.4, 0.5) is 18.9 Å². The Hall–Kier alpha value is -2.52. The SMILES string of the molecule is O=C(CN1CCCC1C(=O)NCc1ccco1)Nc1ccc(Cl)cc1C(F)(F)F. The standard InChI is InChI=1S/C19H19ClF3N3O3/c20-12-5-6-15(14(9-12)19(21,22)23)25-17(27)11-26-7-1-4-16(26)18(28)24-10-13-3-2-8-29-13/h2-3,5-6,8-9,16H,1,4,7,10-11H2,(H,24,28)(H,25,27). The molecule has 1 aliphatic heterocycles. The summed E-state index contributed by atoms with van der Waals surface area (Å²) in [5.41, 5.74) is -1.39. The quantitative estimate of drug-likeness (QED) is 0.734. The molecule has 0 bridgehead atoms. The van der Waals surface area contributed by atoms with Crippen LogP contribution < -0.4 is 10.6 Å². The predicted molar refractivity (Wildman–Crippen MR) is 100 cm³/mol. The Morgan fingerprint density at radius 2 is 2.07 bits per heavy atom. The van der Waals surface area contributed by atoms with Crippen molar-refractivity contribution in [1.82, 2.24) is 10.2 Å². The van der Waals surface area contributed by atoms with Crippen molar-refractivity contribution in [3.05, 3.63) is 52.9 Å². The van der Waals surface area contributed by atoms with Crippen molar-refractivity contribution in [3.63, 3.8) is 0 Å². The van der Waals surface area contributed by atoms with Gasteiger partial charge in [-0.2, -0.15) is 13.2 Å². The molecular formula is C19H19ClF3N3O3. The number of carbonyl (C=O) groups is 2. The summed E-state index contributed by atoms with van der Waals surface area (Å²) in [4.78, 5) is 26.4. The molecule has 0 saturated carbocycles. The zero-order valence-electron chi connectivity index (χ0n) is 15.3. The smallest absolute Gasteiger partial charge is 0.418 e. The molecule has 1 saturated heterocycles. The molecule has 2 heterocycles. The first-order valence-corrected chi connectivity index (χ1v) is 9.32. The van der Waals surface area contributed by atoms with Crippen molar-refractivity contribution in [1.29, 1.82) is 0 Å². The number of hydrogen-bond donors (Lipinski definition) is 2. The average Bonchev–Trinajstić information content (AvgIpc) is 3.32. The molecule has 2 aromatic rings. The molecule has 2 N–H and O–H groups in total. The highest BCUT2D eigenvalue weighted by atomic mass is 35.5. The highest BCUT2D eigenvalue weighted by Gasteiger charge is 2.35. The number of nitrogens with one attached hydrogen (secondary N) is 2. The first kappa shape index (κ1) is 21.2. The van der Waals surface area contributed by atoms with E-state index in [1.165, 1.54) is 12.3 Å². The minimum Gasteiger partial charge on any atom is -0.467 e. The average molecular weight is 430 g/mol. The van der Waals surface area contributed by atoms with E-state index in [1.807, 2.05) is 0 Å². The van der Waals surface area contributed by atoms with Crippen molar-refractivity contribution in [2.24, 2.45) is 0 Å². The van der Waals surface area contributed by atoms with Crippen LogP contribution in [0.1, 0.15) is 24.2 Å². The zero-order valence-corrected chi connectivity index (χ0v) is 16.0. The highest BCUT2D eigenvalue weighted by molar-refractivity contribution is 6.30. The van der Waals surface area contributed by atoms with E-state index in [0.29, 0.717) is 25.1 Å². The summed E-state index contributed by atoms with van der Waals surface area (Å²) in [7, 11) is 0. The number of furan rings is 1. The second kappa shape index (κ2) is 8.87. The maximum atomic E-state index is 13.2. The number of nitrogens with zero attached hydrogens (tertiary/aromatic N) is 1. The largest absolute Gasteiger partial charge is 0.467 e. The summed E-state index contributed by atoms with van der Waals surface area (Å²) < 4.78 is 44.7. The number of halogens is 4. The van der Waals surface area contributed by atoms with Gasteiger partial charge < -0.3 is 15.1 Å². The third-order valence-electron chi connectivity index (χ3n) is 4.59. The first-order chi connectivity index (χ1) is 13.7. The van der Waals surface area contributed by atoms with E-state index >= 15 is 0 Å². The van der Waals surface area contributed by atoms with E-state index in [1.54, 1.807) is 17.0 Å². The van der Waals surface area contributed by atoms with Crippen LogP contribution in [0.5, 0.6) is 0 Å². The Balaban J connectivity index is 1.60. The van der Waals surface area contributed by atoms with Gasteiger partial charge in [-0.05, 0) is 49.7 Å². The lowest BCUT2D eigenvalue weighted by molar-refractivity contribution is -0.137. The van der Waals surface area contributed by atoms with Crippen molar-refractivity contribution in [2.45, 2.75) is 31.6 Å². The molecule has 10 heteroatoms. The Bertz CT molecular complexity index is 871. The van der Waals surface area contributed by atoms with E-state index < -0.39 is 23.7 Å². The lowest BCUT2D eigenvalue weighted by Gasteiger charge is -2.23. The lowest BCUT2D eigenvalue weighted by atomic mass is 10.1. The van der Waals surface area contributed by atoms with E-state index in [4.69, 9.17) is 16.0 Å². The summed E-state index contributed by atoms with van der Waals surface area (Å²) in [6.07, 6.45) is -1.89. The molecule has 6 nitrogen and oxygen atoms in total. The molecule has 29 heavy (non-hydrogen) atoms. The van der Waals surface area contributed by atoms with Crippen LogP contribution in [0.2, 0.25) is 5.02 Å². The Kier molecular flexibility index (Phi) is 6.49. The molecule has 2 amide bonds. The molecule has 3 rings (SSSR count). The Morgan fingerprint density at radius 3 is 2.76 bits per heavy atom.